The van der Waals surface area contributed by atoms with Crippen molar-refractivity contribution in [2.45, 2.75) is 19.8 Å². The van der Waals surface area contributed by atoms with Crippen molar-refractivity contribution in [3.05, 3.63) is 0 Å². The Hall–Kier alpha value is 0.350. The van der Waals surface area contributed by atoms with Gasteiger partial charge < -0.3 is 0 Å². The lowest BCUT2D eigenvalue weighted by Crippen LogP contribution is -1.81. The van der Waals surface area contributed by atoms with Crippen LogP contribution in [-0.2, 0) is 9.09 Å². The monoisotopic (exact) mass is 155 g/mol. The summed E-state index contributed by atoms with van der Waals surface area (Å²) in [6, 6.07) is 0. The van der Waals surface area contributed by atoms with Gasteiger partial charge in [0.05, 0.1) is 0 Å². The van der Waals surface area contributed by atoms with Gasteiger partial charge >= 0.3 is 7.38 Å². The third kappa shape index (κ3) is 6.35. The zero-order chi connectivity index (χ0) is 6.41. The molecule has 0 aliphatic carbocycles. The SMILES string of the molecule is CCCCO[P+](=O)Cl. The molecule has 1 atom stereocenters. The van der Waals surface area contributed by atoms with Crippen LogP contribution in [0.1, 0.15) is 19.8 Å². The molecule has 0 rings (SSSR count). The summed E-state index contributed by atoms with van der Waals surface area (Å²) in [7, 11) is -1.89. The molecule has 0 saturated carbocycles. The highest BCUT2D eigenvalue weighted by atomic mass is 35.7. The molecule has 8 heavy (non-hydrogen) atoms. The van der Waals surface area contributed by atoms with Crippen LogP contribution < -0.4 is 0 Å². The molecule has 0 aliphatic heterocycles. The van der Waals surface area contributed by atoms with Crippen LogP contribution in [0, 0.1) is 0 Å². The highest BCUT2D eigenvalue weighted by molar-refractivity contribution is 7.69. The van der Waals surface area contributed by atoms with Gasteiger partial charge in [-0.1, -0.05) is 13.3 Å². The molecule has 0 fully saturated rings. The lowest BCUT2D eigenvalue weighted by Gasteiger charge is -1.83. The topological polar surface area (TPSA) is 26.3 Å². The van der Waals surface area contributed by atoms with Crippen molar-refractivity contribution in [3.8, 4) is 0 Å². The third-order valence-electron chi connectivity index (χ3n) is 0.691. The number of hydrogen-bond donors (Lipinski definition) is 0. The first-order chi connectivity index (χ1) is 3.77. The molecular weight excluding hydrogens is 146 g/mol. The largest absolute Gasteiger partial charge is 0.633 e. The lowest BCUT2D eigenvalue weighted by atomic mass is 10.4. The minimum absolute atomic E-state index is 0.509. The van der Waals surface area contributed by atoms with E-state index >= 15 is 0 Å². The molecule has 2 nitrogen and oxygen atoms in total. The second kappa shape index (κ2) is 5.49. The Kier molecular flexibility index (Phi) is 5.73. The number of halogens is 1. The Bertz CT molecular complexity index is 76.4. The van der Waals surface area contributed by atoms with E-state index < -0.39 is 7.38 Å². The van der Waals surface area contributed by atoms with Crippen LogP contribution in [0.3, 0.4) is 0 Å². The van der Waals surface area contributed by atoms with Gasteiger partial charge in [-0.2, -0.15) is 0 Å². The number of hydrogen-bond acceptors (Lipinski definition) is 2. The molecule has 0 saturated heterocycles. The van der Waals surface area contributed by atoms with Gasteiger partial charge in [0.2, 0.25) is 11.2 Å². The number of rotatable bonds is 4. The van der Waals surface area contributed by atoms with Gasteiger partial charge in [-0.15, -0.1) is 4.52 Å². The minimum atomic E-state index is -1.89. The Morgan fingerprint density at radius 2 is 2.38 bits per heavy atom. The third-order valence-corrected chi connectivity index (χ3v) is 1.37. The summed E-state index contributed by atoms with van der Waals surface area (Å²) < 4.78 is 14.6. The van der Waals surface area contributed by atoms with Gasteiger partial charge in [0.25, 0.3) is 0 Å². The normalized spacial score (nSPS) is 11.5. The maximum absolute atomic E-state index is 10.0. The molecular formula is C4H9ClO2P+. The fraction of sp³-hybridized carbons (Fsp3) is 1.00. The van der Waals surface area contributed by atoms with Crippen molar-refractivity contribution in [3.63, 3.8) is 0 Å². The van der Waals surface area contributed by atoms with E-state index in [2.05, 4.69) is 4.52 Å². The molecule has 0 amide bonds. The molecule has 0 aliphatic rings. The first-order valence-corrected chi connectivity index (χ1v) is 4.61. The van der Waals surface area contributed by atoms with Crippen molar-refractivity contribution in [2.24, 2.45) is 0 Å². The molecule has 0 spiro atoms. The van der Waals surface area contributed by atoms with Gasteiger partial charge in [0.15, 0.2) is 0 Å². The summed E-state index contributed by atoms with van der Waals surface area (Å²) in [5.74, 6) is 0. The van der Waals surface area contributed by atoms with E-state index in [-0.39, 0.29) is 0 Å². The average Bonchev–Trinajstić information content (AvgIpc) is 1.66. The Labute approximate surface area is 54.8 Å². The van der Waals surface area contributed by atoms with Crippen molar-refractivity contribution in [1.29, 1.82) is 0 Å². The fourth-order valence-corrected chi connectivity index (χ4v) is 0.760. The second-order valence-corrected chi connectivity index (χ2v) is 2.91. The number of unbranched alkanes of at least 4 members (excludes halogenated alkanes) is 1. The van der Waals surface area contributed by atoms with Gasteiger partial charge in [-0.25, -0.2) is 0 Å². The molecule has 0 bridgehead atoms. The van der Waals surface area contributed by atoms with Gasteiger partial charge in [0, 0.05) is 0 Å². The highest BCUT2D eigenvalue weighted by Crippen LogP contribution is 2.27. The Balaban J connectivity index is 2.82. The van der Waals surface area contributed by atoms with Crippen LogP contribution in [0.4, 0.5) is 0 Å². The lowest BCUT2D eigenvalue weighted by molar-refractivity contribution is 0.330. The Morgan fingerprint density at radius 1 is 1.75 bits per heavy atom. The summed E-state index contributed by atoms with van der Waals surface area (Å²) in [4.78, 5) is 0. The van der Waals surface area contributed by atoms with Crippen molar-refractivity contribution in [2.75, 3.05) is 6.61 Å². The fourth-order valence-electron chi connectivity index (χ4n) is 0.281. The maximum Gasteiger partial charge on any atom is 0.633 e. The molecule has 1 unspecified atom stereocenters. The molecule has 0 N–H and O–H groups in total. The first-order valence-electron chi connectivity index (χ1n) is 2.53. The zero-order valence-corrected chi connectivity index (χ0v) is 6.41. The zero-order valence-electron chi connectivity index (χ0n) is 4.76. The Morgan fingerprint density at radius 3 is 2.75 bits per heavy atom. The second-order valence-electron chi connectivity index (χ2n) is 1.40. The van der Waals surface area contributed by atoms with E-state index in [9.17, 15) is 4.57 Å². The highest BCUT2D eigenvalue weighted by Gasteiger charge is 2.09. The standard InChI is InChI=1S/C4H9ClO2P/c1-2-3-4-7-8(5)6/h2-4H2,1H3/q+1. The first kappa shape index (κ1) is 8.35. The van der Waals surface area contributed by atoms with E-state index in [1.54, 1.807) is 0 Å². The predicted octanol–water partition coefficient (Wildman–Crippen LogP) is 2.70. The molecule has 0 radical (unpaired) electrons. The van der Waals surface area contributed by atoms with Crippen molar-refractivity contribution < 1.29 is 9.09 Å². The van der Waals surface area contributed by atoms with Crippen molar-refractivity contribution in [1.82, 2.24) is 0 Å². The van der Waals surface area contributed by atoms with Crippen LogP contribution in [0.2, 0.25) is 0 Å². The summed E-state index contributed by atoms with van der Waals surface area (Å²) in [5, 5.41) is 0. The molecule has 4 heteroatoms. The molecule has 0 aromatic carbocycles. The van der Waals surface area contributed by atoms with E-state index in [1.165, 1.54) is 0 Å². The predicted molar refractivity (Wildman–Crippen MR) is 34.3 cm³/mol. The van der Waals surface area contributed by atoms with Crippen LogP contribution in [0.15, 0.2) is 0 Å². The van der Waals surface area contributed by atoms with Crippen LogP contribution in [0.25, 0.3) is 0 Å². The minimum Gasteiger partial charge on any atom is -0.131 e. The summed E-state index contributed by atoms with van der Waals surface area (Å²) >= 11 is 5.00. The molecule has 48 valence electrons. The molecule has 0 aromatic heterocycles. The van der Waals surface area contributed by atoms with Crippen molar-refractivity contribution >= 4 is 18.6 Å². The van der Waals surface area contributed by atoms with E-state index in [0.717, 1.165) is 12.8 Å². The summed E-state index contributed by atoms with van der Waals surface area (Å²) in [6.07, 6.45) is 1.97. The average molecular weight is 156 g/mol. The van der Waals surface area contributed by atoms with E-state index in [4.69, 9.17) is 11.2 Å². The summed E-state index contributed by atoms with van der Waals surface area (Å²) in [6.45, 7) is 2.54. The van der Waals surface area contributed by atoms with Gasteiger partial charge in [-0.3, -0.25) is 0 Å². The van der Waals surface area contributed by atoms with Gasteiger partial charge in [-0.05, 0) is 11.0 Å². The quantitative estimate of drug-likeness (QED) is 0.461. The smallest absolute Gasteiger partial charge is 0.131 e. The van der Waals surface area contributed by atoms with Crippen LogP contribution >= 0.6 is 18.6 Å². The van der Waals surface area contributed by atoms with E-state index in [1.807, 2.05) is 6.92 Å². The molecule has 0 aromatic rings. The molecule has 0 heterocycles. The van der Waals surface area contributed by atoms with Crippen LogP contribution in [-0.4, -0.2) is 6.61 Å². The maximum atomic E-state index is 10.0. The van der Waals surface area contributed by atoms with Crippen LogP contribution in [0.5, 0.6) is 0 Å². The van der Waals surface area contributed by atoms with E-state index in [0.29, 0.717) is 6.61 Å². The summed E-state index contributed by atoms with van der Waals surface area (Å²) in [5.41, 5.74) is 0. The van der Waals surface area contributed by atoms with Gasteiger partial charge in [0.1, 0.15) is 6.61 Å².